The molecular weight excluding hydrogens is 208 g/mol. The fraction of sp³-hybridized carbons (Fsp3) is 0.273. The van der Waals surface area contributed by atoms with Crippen molar-refractivity contribution in [1.29, 1.82) is 0 Å². The summed E-state index contributed by atoms with van der Waals surface area (Å²) in [5.74, 6) is 0.138. The lowest BCUT2D eigenvalue weighted by Crippen LogP contribution is -2.04. The van der Waals surface area contributed by atoms with Crippen LogP contribution in [0.2, 0.25) is 0 Å². The molecule has 0 aliphatic carbocycles. The average molecular weight is 220 g/mol. The molecule has 0 saturated heterocycles. The Bertz CT molecular complexity index is 471. The third kappa shape index (κ3) is 1.99. The number of aryl methyl sites for hydroxylation is 1. The number of nitrogens with zero attached hydrogens (tertiary/aromatic N) is 2. The molecule has 0 radical (unpaired) electrons. The van der Waals surface area contributed by atoms with E-state index in [2.05, 4.69) is 5.10 Å². The number of hydrogen-bond donors (Lipinski definition) is 0. The maximum atomic E-state index is 11.9. The Hall–Kier alpha value is -1.42. The Morgan fingerprint density at radius 3 is 2.93 bits per heavy atom. The lowest BCUT2D eigenvalue weighted by molar-refractivity contribution is 0.0992. The predicted octanol–water partition coefficient (Wildman–Crippen LogP) is 2.22. The molecule has 3 nitrogen and oxygen atoms in total. The maximum absolute atomic E-state index is 11.9. The van der Waals surface area contributed by atoms with Crippen LogP contribution in [0.4, 0.5) is 0 Å². The first-order valence-electron chi connectivity index (χ1n) is 4.71. The highest BCUT2D eigenvalue weighted by molar-refractivity contribution is 7.08. The van der Waals surface area contributed by atoms with Gasteiger partial charge in [-0.2, -0.15) is 16.4 Å². The number of aromatic nitrogens is 2. The molecule has 0 unspecified atom stereocenters. The van der Waals surface area contributed by atoms with E-state index in [1.807, 2.05) is 30.8 Å². The van der Waals surface area contributed by atoms with Gasteiger partial charge in [-0.15, -0.1) is 0 Å². The van der Waals surface area contributed by atoms with E-state index in [1.54, 1.807) is 22.2 Å². The number of rotatable bonds is 3. The van der Waals surface area contributed by atoms with Crippen LogP contribution in [0.15, 0.2) is 23.0 Å². The van der Waals surface area contributed by atoms with Crippen molar-refractivity contribution < 1.29 is 4.79 Å². The summed E-state index contributed by atoms with van der Waals surface area (Å²) in [5, 5.41) is 8.05. The standard InChI is InChI=1S/C11H12N2OS/c1-8-10(6-12-13(8)2)11(14)5-9-3-4-15-7-9/h3-4,6-7H,5H2,1-2H3. The van der Waals surface area contributed by atoms with E-state index in [0.717, 1.165) is 16.8 Å². The van der Waals surface area contributed by atoms with Crippen LogP contribution in [0.5, 0.6) is 0 Å². The number of Topliss-reactive ketones (excluding diaryl/α,β-unsaturated/α-hetero) is 1. The van der Waals surface area contributed by atoms with E-state index >= 15 is 0 Å². The summed E-state index contributed by atoms with van der Waals surface area (Å²) in [6.07, 6.45) is 2.11. The zero-order chi connectivity index (χ0) is 10.8. The van der Waals surface area contributed by atoms with Crippen LogP contribution >= 0.6 is 11.3 Å². The van der Waals surface area contributed by atoms with Crippen LogP contribution in [-0.4, -0.2) is 15.6 Å². The lowest BCUT2D eigenvalue weighted by atomic mass is 10.1. The minimum atomic E-state index is 0.138. The number of ketones is 1. The second-order valence-electron chi connectivity index (χ2n) is 3.50. The molecule has 0 atom stereocenters. The highest BCUT2D eigenvalue weighted by Crippen LogP contribution is 2.13. The fourth-order valence-corrected chi connectivity index (χ4v) is 2.11. The highest BCUT2D eigenvalue weighted by atomic mass is 32.1. The number of thiophene rings is 1. The number of carbonyl (C=O) groups excluding carboxylic acids is 1. The summed E-state index contributed by atoms with van der Waals surface area (Å²) >= 11 is 1.61. The molecule has 78 valence electrons. The van der Waals surface area contributed by atoms with Gasteiger partial charge in [-0.25, -0.2) is 0 Å². The molecule has 4 heteroatoms. The molecule has 2 heterocycles. The monoisotopic (exact) mass is 220 g/mol. The van der Waals surface area contributed by atoms with Gasteiger partial charge in [0.15, 0.2) is 5.78 Å². The van der Waals surface area contributed by atoms with Crippen molar-refractivity contribution >= 4 is 17.1 Å². The molecule has 0 N–H and O–H groups in total. The minimum absolute atomic E-state index is 0.138. The van der Waals surface area contributed by atoms with Crippen molar-refractivity contribution in [3.63, 3.8) is 0 Å². The van der Waals surface area contributed by atoms with Crippen LogP contribution in [0.1, 0.15) is 21.6 Å². The zero-order valence-electron chi connectivity index (χ0n) is 8.73. The normalized spacial score (nSPS) is 10.5. The first-order chi connectivity index (χ1) is 7.18. The van der Waals surface area contributed by atoms with Crippen molar-refractivity contribution in [3.05, 3.63) is 39.8 Å². The van der Waals surface area contributed by atoms with Gasteiger partial charge in [0.1, 0.15) is 0 Å². The van der Waals surface area contributed by atoms with E-state index in [-0.39, 0.29) is 5.78 Å². The van der Waals surface area contributed by atoms with Gasteiger partial charge in [0, 0.05) is 19.2 Å². The quantitative estimate of drug-likeness (QED) is 0.743. The molecule has 2 aromatic heterocycles. The lowest BCUT2D eigenvalue weighted by Gasteiger charge is -1.98. The Morgan fingerprint density at radius 1 is 1.60 bits per heavy atom. The van der Waals surface area contributed by atoms with Crippen LogP contribution in [-0.2, 0) is 13.5 Å². The molecule has 0 fully saturated rings. The molecule has 2 rings (SSSR count). The fourth-order valence-electron chi connectivity index (χ4n) is 1.45. The van der Waals surface area contributed by atoms with E-state index in [9.17, 15) is 4.79 Å². The van der Waals surface area contributed by atoms with E-state index in [1.165, 1.54) is 0 Å². The Balaban J connectivity index is 2.19. The van der Waals surface area contributed by atoms with Crippen molar-refractivity contribution in [2.75, 3.05) is 0 Å². The van der Waals surface area contributed by atoms with Crippen LogP contribution in [0, 0.1) is 6.92 Å². The smallest absolute Gasteiger partial charge is 0.170 e. The molecule has 15 heavy (non-hydrogen) atoms. The summed E-state index contributed by atoms with van der Waals surface area (Å²) in [6.45, 7) is 1.91. The second-order valence-corrected chi connectivity index (χ2v) is 4.28. The van der Waals surface area contributed by atoms with Gasteiger partial charge >= 0.3 is 0 Å². The van der Waals surface area contributed by atoms with E-state index in [4.69, 9.17) is 0 Å². The van der Waals surface area contributed by atoms with Gasteiger partial charge in [-0.05, 0) is 29.3 Å². The van der Waals surface area contributed by atoms with Crippen molar-refractivity contribution in [2.24, 2.45) is 7.05 Å². The van der Waals surface area contributed by atoms with Gasteiger partial charge in [0.25, 0.3) is 0 Å². The third-order valence-corrected chi connectivity index (χ3v) is 3.21. The molecule has 0 spiro atoms. The topological polar surface area (TPSA) is 34.9 Å². The summed E-state index contributed by atoms with van der Waals surface area (Å²) in [7, 11) is 1.84. The average Bonchev–Trinajstić information content (AvgIpc) is 2.79. The first-order valence-corrected chi connectivity index (χ1v) is 5.65. The van der Waals surface area contributed by atoms with Crippen LogP contribution in [0.3, 0.4) is 0 Å². The summed E-state index contributed by atoms with van der Waals surface area (Å²) in [5.41, 5.74) is 2.73. The van der Waals surface area contributed by atoms with E-state index < -0.39 is 0 Å². The van der Waals surface area contributed by atoms with Gasteiger partial charge in [-0.3, -0.25) is 9.48 Å². The van der Waals surface area contributed by atoms with Crippen molar-refractivity contribution in [1.82, 2.24) is 9.78 Å². The maximum Gasteiger partial charge on any atom is 0.170 e. The SMILES string of the molecule is Cc1c(C(=O)Cc2ccsc2)cnn1C. The molecule has 0 bridgehead atoms. The third-order valence-electron chi connectivity index (χ3n) is 2.48. The molecule has 2 aromatic rings. The molecule has 0 aliphatic rings. The predicted molar refractivity (Wildman–Crippen MR) is 60.3 cm³/mol. The summed E-state index contributed by atoms with van der Waals surface area (Å²) in [6, 6.07) is 1.98. The van der Waals surface area contributed by atoms with Crippen molar-refractivity contribution in [3.8, 4) is 0 Å². The highest BCUT2D eigenvalue weighted by Gasteiger charge is 2.13. The van der Waals surface area contributed by atoms with Crippen LogP contribution in [0.25, 0.3) is 0 Å². The van der Waals surface area contributed by atoms with Crippen LogP contribution < -0.4 is 0 Å². The van der Waals surface area contributed by atoms with Gasteiger partial charge in [-0.1, -0.05) is 0 Å². The van der Waals surface area contributed by atoms with Crippen molar-refractivity contribution in [2.45, 2.75) is 13.3 Å². The number of carbonyl (C=O) groups is 1. The minimum Gasteiger partial charge on any atom is -0.294 e. The largest absolute Gasteiger partial charge is 0.294 e. The molecule has 0 amide bonds. The Kier molecular flexibility index (Phi) is 2.68. The Labute approximate surface area is 92.4 Å². The molecule has 0 aromatic carbocycles. The molecule has 0 aliphatic heterocycles. The second kappa shape index (κ2) is 3.98. The van der Waals surface area contributed by atoms with Gasteiger partial charge in [0.2, 0.25) is 0 Å². The Morgan fingerprint density at radius 2 is 2.40 bits per heavy atom. The first kappa shape index (κ1) is 10.1. The van der Waals surface area contributed by atoms with Gasteiger partial charge in [0.05, 0.1) is 11.8 Å². The van der Waals surface area contributed by atoms with Gasteiger partial charge < -0.3 is 0 Å². The summed E-state index contributed by atoms with van der Waals surface area (Å²) < 4.78 is 1.72. The van der Waals surface area contributed by atoms with E-state index in [0.29, 0.717) is 6.42 Å². The number of hydrogen-bond acceptors (Lipinski definition) is 3. The molecular formula is C11H12N2OS. The molecule has 0 saturated carbocycles. The summed E-state index contributed by atoms with van der Waals surface area (Å²) in [4.78, 5) is 11.9. The zero-order valence-corrected chi connectivity index (χ0v) is 9.54.